The number of thiazole rings is 1. The van der Waals surface area contributed by atoms with Crippen LogP contribution in [0.15, 0.2) is 102 Å². The summed E-state index contributed by atoms with van der Waals surface area (Å²) >= 11 is 7.82. The lowest BCUT2D eigenvalue weighted by Gasteiger charge is -2.12. The van der Waals surface area contributed by atoms with Gasteiger partial charge in [-0.3, -0.25) is 0 Å². The molecule has 6 aromatic rings. The van der Waals surface area contributed by atoms with Gasteiger partial charge in [0, 0.05) is 41.2 Å². The summed E-state index contributed by atoms with van der Waals surface area (Å²) in [6.07, 6.45) is 1.34. The lowest BCUT2D eigenvalue weighted by molar-refractivity contribution is 0.306. The third kappa shape index (κ3) is 7.48. The second-order valence-corrected chi connectivity index (χ2v) is 13.7. The molecule has 0 aliphatic heterocycles. The quantitative estimate of drug-likeness (QED) is 0.128. The minimum Gasteiger partial charge on any atom is -0.487 e. The van der Waals surface area contributed by atoms with Crippen molar-refractivity contribution in [2.24, 2.45) is 0 Å². The Morgan fingerprint density at radius 1 is 0.935 bits per heavy atom. The predicted octanol–water partition coefficient (Wildman–Crippen LogP) is 7.57. The Morgan fingerprint density at radius 2 is 1.78 bits per heavy atom. The number of aromatic nitrogens is 3. The van der Waals surface area contributed by atoms with Crippen LogP contribution in [0.2, 0.25) is 5.02 Å². The average molecular weight is 678 g/mol. The van der Waals surface area contributed by atoms with Crippen molar-refractivity contribution >= 4 is 55.2 Å². The molecule has 0 atom stereocenters. The molecular weight excluding hydrogens is 652 g/mol. The zero-order chi connectivity index (χ0) is 32.1. The normalized spacial score (nSPS) is 11.5. The van der Waals surface area contributed by atoms with Gasteiger partial charge in [-0.05, 0) is 54.1 Å². The fraction of sp³-hybridized carbons (Fsp3) is 0.121. The largest absolute Gasteiger partial charge is 0.487 e. The maximum atomic E-state index is 15.2. The molecule has 0 saturated carbocycles. The molecule has 0 aliphatic carbocycles. The van der Waals surface area contributed by atoms with Crippen molar-refractivity contribution in [2.45, 2.75) is 18.0 Å². The number of halogens is 3. The molecule has 6 rings (SSSR count). The summed E-state index contributed by atoms with van der Waals surface area (Å²) in [6, 6.07) is 22.5. The molecule has 13 heteroatoms. The minimum absolute atomic E-state index is 0.0554. The molecule has 0 amide bonds. The Labute approximate surface area is 273 Å². The van der Waals surface area contributed by atoms with Gasteiger partial charge in [0.05, 0.1) is 26.9 Å². The van der Waals surface area contributed by atoms with E-state index in [0.717, 1.165) is 0 Å². The minimum atomic E-state index is -3.40. The number of ether oxygens (including phenoxy) is 1. The van der Waals surface area contributed by atoms with Crippen LogP contribution in [-0.4, -0.2) is 35.7 Å². The third-order valence-electron chi connectivity index (χ3n) is 6.96. The Hall–Kier alpha value is -4.49. The van der Waals surface area contributed by atoms with Gasteiger partial charge >= 0.3 is 0 Å². The summed E-state index contributed by atoms with van der Waals surface area (Å²) in [5, 5.41) is 9.67. The Bertz CT molecular complexity index is 2110. The van der Waals surface area contributed by atoms with Crippen LogP contribution < -0.4 is 15.4 Å². The van der Waals surface area contributed by atoms with Crippen molar-refractivity contribution in [1.82, 2.24) is 20.3 Å². The molecule has 0 aliphatic rings. The van der Waals surface area contributed by atoms with Crippen LogP contribution in [0.5, 0.6) is 5.75 Å². The molecule has 0 radical (unpaired) electrons. The highest BCUT2D eigenvalue weighted by atomic mass is 35.5. The number of sulfone groups is 1. The van der Waals surface area contributed by atoms with Gasteiger partial charge in [0.15, 0.2) is 9.84 Å². The van der Waals surface area contributed by atoms with E-state index < -0.39 is 15.7 Å². The molecule has 0 saturated heterocycles. The van der Waals surface area contributed by atoms with Crippen molar-refractivity contribution in [3.63, 3.8) is 0 Å². The molecule has 0 unspecified atom stereocenters. The zero-order valence-electron chi connectivity index (χ0n) is 24.1. The summed E-state index contributed by atoms with van der Waals surface area (Å²) in [6.45, 7) is 0.732. The Morgan fingerprint density at radius 3 is 2.59 bits per heavy atom. The topological polar surface area (TPSA) is 106 Å². The summed E-state index contributed by atoms with van der Waals surface area (Å²) in [4.78, 5) is 13.4. The van der Waals surface area contributed by atoms with E-state index in [1.54, 1.807) is 72.1 Å². The van der Waals surface area contributed by atoms with Gasteiger partial charge in [-0.25, -0.2) is 32.2 Å². The standard InChI is InChI=1S/C33H26ClF2N5O3S2/c34-27-14-23(9-10-31(27)44-18-21-5-4-6-22(35)13-21)40-33-26-15-25(28(36)16-29(26)38-20-39-33)30-19-45-32(41-30)17-37-11-12-46(42,43)24-7-2-1-3-8-24/h1-10,13-16,19-20,37H,11-12,17-18H2,(H,38,39,40). The van der Waals surface area contributed by atoms with Gasteiger partial charge in [0.2, 0.25) is 0 Å². The van der Waals surface area contributed by atoms with Gasteiger partial charge in [-0.15, -0.1) is 11.3 Å². The number of hydrogen-bond donors (Lipinski definition) is 2. The molecule has 2 heterocycles. The number of benzene rings is 4. The maximum absolute atomic E-state index is 15.2. The highest BCUT2D eigenvalue weighted by Crippen LogP contribution is 2.34. The second kappa shape index (κ2) is 13.9. The van der Waals surface area contributed by atoms with E-state index in [9.17, 15) is 12.8 Å². The van der Waals surface area contributed by atoms with Crippen molar-refractivity contribution in [3.05, 3.63) is 124 Å². The Balaban J connectivity index is 1.13. The molecule has 4 aromatic carbocycles. The lowest BCUT2D eigenvalue weighted by atomic mass is 10.1. The number of hydrogen-bond acceptors (Lipinski definition) is 9. The van der Waals surface area contributed by atoms with E-state index in [2.05, 4.69) is 25.6 Å². The molecule has 8 nitrogen and oxygen atoms in total. The number of anilines is 2. The number of rotatable bonds is 12. The van der Waals surface area contributed by atoms with Crippen molar-refractivity contribution in [3.8, 4) is 17.0 Å². The SMILES string of the molecule is O=S(=O)(CCNCc1nc(-c2cc3c(Nc4ccc(OCc5cccc(F)c5)c(Cl)c4)ncnc3cc2F)cs1)c1ccccc1. The first kappa shape index (κ1) is 31.5. The second-order valence-electron chi connectivity index (χ2n) is 10.2. The summed E-state index contributed by atoms with van der Waals surface area (Å²) in [5.41, 5.74) is 2.41. The smallest absolute Gasteiger partial charge is 0.179 e. The van der Waals surface area contributed by atoms with Gasteiger partial charge in [0.1, 0.15) is 41.1 Å². The van der Waals surface area contributed by atoms with Gasteiger partial charge in [0.25, 0.3) is 0 Å². The fourth-order valence-electron chi connectivity index (χ4n) is 4.66. The molecular formula is C33H26ClF2N5O3S2. The average Bonchev–Trinajstić information content (AvgIpc) is 3.52. The van der Waals surface area contributed by atoms with Crippen LogP contribution in [0.25, 0.3) is 22.2 Å². The lowest BCUT2D eigenvalue weighted by Crippen LogP contribution is -2.22. The first-order valence-corrected chi connectivity index (χ1v) is 17.0. The molecule has 2 N–H and O–H groups in total. The van der Waals surface area contributed by atoms with Crippen LogP contribution in [-0.2, 0) is 23.0 Å². The number of nitrogens with zero attached hydrogens (tertiary/aromatic N) is 3. The predicted molar refractivity (Wildman–Crippen MR) is 176 cm³/mol. The van der Waals surface area contributed by atoms with Crippen LogP contribution >= 0.6 is 22.9 Å². The molecule has 0 spiro atoms. The van der Waals surface area contributed by atoms with Crippen LogP contribution in [0, 0.1) is 11.6 Å². The van der Waals surface area contributed by atoms with E-state index in [1.807, 2.05) is 0 Å². The third-order valence-corrected chi connectivity index (χ3v) is 9.83. The Kier molecular flexibility index (Phi) is 9.50. The van der Waals surface area contributed by atoms with Gasteiger partial charge in [-0.2, -0.15) is 0 Å². The molecule has 2 aromatic heterocycles. The van der Waals surface area contributed by atoms with Crippen molar-refractivity contribution in [1.29, 1.82) is 0 Å². The van der Waals surface area contributed by atoms with E-state index in [0.29, 0.717) is 56.0 Å². The zero-order valence-corrected chi connectivity index (χ0v) is 26.5. The molecule has 0 fully saturated rings. The van der Waals surface area contributed by atoms with E-state index in [1.165, 1.54) is 35.9 Å². The van der Waals surface area contributed by atoms with Gasteiger partial charge < -0.3 is 15.4 Å². The highest BCUT2D eigenvalue weighted by Gasteiger charge is 2.16. The van der Waals surface area contributed by atoms with Crippen molar-refractivity contribution in [2.75, 3.05) is 17.6 Å². The first-order chi connectivity index (χ1) is 22.2. The van der Waals surface area contributed by atoms with Crippen LogP contribution in [0.1, 0.15) is 10.6 Å². The maximum Gasteiger partial charge on any atom is 0.179 e. The van der Waals surface area contributed by atoms with Gasteiger partial charge in [-0.1, -0.05) is 41.9 Å². The van der Waals surface area contributed by atoms with E-state index >= 15 is 4.39 Å². The highest BCUT2D eigenvalue weighted by molar-refractivity contribution is 7.91. The van der Waals surface area contributed by atoms with Crippen LogP contribution in [0.3, 0.4) is 0 Å². The fourth-order valence-corrected chi connectivity index (χ4v) is 6.88. The summed E-state index contributed by atoms with van der Waals surface area (Å²) < 4.78 is 59.5. The number of fused-ring (bicyclic) bond motifs is 1. The number of nitrogens with one attached hydrogen (secondary N) is 2. The molecule has 0 bridgehead atoms. The summed E-state index contributed by atoms with van der Waals surface area (Å²) in [7, 11) is -3.40. The first-order valence-electron chi connectivity index (χ1n) is 14.1. The van der Waals surface area contributed by atoms with Crippen LogP contribution in [0.4, 0.5) is 20.3 Å². The van der Waals surface area contributed by atoms with E-state index in [-0.39, 0.29) is 35.2 Å². The molecule has 234 valence electrons. The van der Waals surface area contributed by atoms with Crippen molar-refractivity contribution < 1.29 is 21.9 Å². The van der Waals surface area contributed by atoms with E-state index in [4.69, 9.17) is 16.3 Å². The molecule has 46 heavy (non-hydrogen) atoms. The summed E-state index contributed by atoms with van der Waals surface area (Å²) in [5.74, 6) is -0.0183. The monoisotopic (exact) mass is 677 g/mol.